The van der Waals surface area contributed by atoms with Crippen LogP contribution in [0.3, 0.4) is 0 Å². The Kier molecular flexibility index (Phi) is 2.35. The topological polar surface area (TPSA) is 84.7 Å². The zero-order valence-electron chi connectivity index (χ0n) is 9.25. The molecule has 1 aliphatic rings. The van der Waals surface area contributed by atoms with E-state index >= 15 is 0 Å². The molecule has 2 N–H and O–H groups in total. The number of allylic oxidation sites excluding steroid dienone is 1. The number of amides is 1. The molecule has 1 amide bonds. The Labute approximate surface area is 107 Å². The van der Waals surface area contributed by atoms with Gasteiger partial charge in [0.1, 0.15) is 22.5 Å². The van der Waals surface area contributed by atoms with Crippen molar-refractivity contribution in [3.05, 3.63) is 35.0 Å². The van der Waals surface area contributed by atoms with E-state index in [2.05, 4.69) is 11.1 Å². The third kappa shape index (κ3) is 1.41. The Morgan fingerprint density at radius 3 is 3.00 bits per heavy atom. The van der Waals surface area contributed by atoms with Crippen molar-refractivity contribution in [1.29, 1.82) is 5.26 Å². The summed E-state index contributed by atoms with van der Waals surface area (Å²) in [5.41, 5.74) is 7.20. The van der Waals surface area contributed by atoms with Crippen LogP contribution >= 0.6 is 11.8 Å². The maximum Gasteiger partial charge on any atom is 0.258 e. The summed E-state index contributed by atoms with van der Waals surface area (Å²) in [6.07, 6.45) is 0. The van der Waals surface area contributed by atoms with Gasteiger partial charge in [0.2, 0.25) is 0 Å². The van der Waals surface area contributed by atoms with E-state index in [9.17, 15) is 10.1 Å². The van der Waals surface area contributed by atoms with Crippen LogP contribution in [0, 0.1) is 11.3 Å². The normalized spacial score (nSPS) is 14.4. The number of nitrogens with zero attached hydrogens (tertiary/aromatic N) is 3. The molecule has 88 valence electrons. The molecule has 2 aromatic rings. The molecule has 0 unspecified atom stereocenters. The van der Waals surface area contributed by atoms with E-state index in [4.69, 9.17) is 5.73 Å². The molecule has 3 rings (SSSR count). The van der Waals surface area contributed by atoms with Crippen molar-refractivity contribution >= 4 is 34.4 Å². The largest absolute Gasteiger partial charge is 0.365 e. The van der Waals surface area contributed by atoms with Gasteiger partial charge in [-0.25, -0.2) is 4.98 Å². The van der Waals surface area contributed by atoms with Crippen LogP contribution in [0.1, 0.15) is 5.82 Å². The second-order valence-corrected chi connectivity index (χ2v) is 4.78. The molecule has 0 radical (unpaired) electrons. The molecule has 0 fully saturated rings. The van der Waals surface area contributed by atoms with E-state index in [1.807, 2.05) is 24.3 Å². The summed E-state index contributed by atoms with van der Waals surface area (Å²) in [5.74, 6) is 0.737. The average Bonchev–Trinajstić information content (AvgIpc) is 2.75. The van der Waals surface area contributed by atoms with Crippen LogP contribution in [0.25, 0.3) is 16.7 Å². The summed E-state index contributed by atoms with van der Waals surface area (Å²) in [6, 6.07) is 9.56. The zero-order chi connectivity index (χ0) is 12.7. The highest BCUT2D eigenvalue weighted by Gasteiger charge is 2.25. The Morgan fingerprint density at radius 2 is 2.28 bits per heavy atom. The number of imidazole rings is 1. The third-order valence-corrected chi connectivity index (χ3v) is 3.83. The minimum atomic E-state index is -0.569. The molecule has 0 aliphatic carbocycles. The van der Waals surface area contributed by atoms with Gasteiger partial charge in [-0.05, 0) is 12.1 Å². The van der Waals surface area contributed by atoms with Gasteiger partial charge in [0.25, 0.3) is 5.91 Å². The number of fused-ring (bicyclic) bond motifs is 3. The molecule has 2 heterocycles. The van der Waals surface area contributed by atoms with Gasteiger partial charge < -0.3 is 5.73 Å². The highest BCUT2D eigenvalue weighted by Crippen LogP contribution is 2.35. The van der Waals surface area contributed by atoms with E-state index in [1.165, 1.54) is 11.8 Å². The van der Waals surface area contributed by atoms with E-state index in [0.29, 0.717) is 10.7 Å². The Bertz CT molecular complexity index is 738. The molecule has 0 bridgehead atoms. The molecule has 0 atom stereocenters. The molecule has 5 nitrogen and oxygen atoms in total. The van der Waals surface area contributed by atoms with Gasteiger partial charge in [-0.1, -0.05) is 12.1 Å². The molecule has 0 saturated heterocycles. The average molecular weight is 256 g/mol. The molecule has 18 heavy (non-hydrogen) atoms. The van der Waals surface area contributed by atoms with E-state index < -0.39 is 5.91 Å². The maximum absolute atomic E-state index is 11.4. The molecule has 0 spiro atoms. The summed E-state index contributed by atoms with van der Waals surface area (Å²) >= 11 is 1.26. The lowest BCUT2D eigenvalue weighted by molar-refractivity contribution is -0.113. The molecule has 6 heteroatoms. The maximum atomic E-state index is 11.4. The summed E-state index contributed by atoms with van der Waals surface area (Å²) in [5, 5.41) is 9.26. The van der Waals surface area contributed by atoms with Gasteiger partial charge in [-0.2, -0.15) is 5.26 Å². The number of aromatic nitrogens is 2. The fourth-order valence-electron chi connectivity index (χ4n) is 2.02. The summed E-state index contributed by atoms with van der Waals surface area (Å²) in [4.78, 5) is 16.1. The van der Waals surface area contributed by atoms with Crippen molar-refractivity contribution in [2.24, 2.45) is 5.73 Å². The number of thioether (sulfide) groups is 1. The lowest BCUT2D eigenvalue weighted by Gasteiger charge is -2.16. The van der Waals surface area contributed by atoms with E-state index in [-0.39, 0.29) is 5.70 Å². The van der Waals surface area contributed by atoms with Crippen molar-refractivity contribution in [1.82, 2.24) is 9.55 Å². The van der Waals surface area contributed by atoms with Crippen LogP contribution < -0.4 is 5.73 Å². The predicted molar refractivity (Wildman–Crippen MR) is 69.1 cm³/mol. The first-order valence-corrected chi connectivity index (χ1v) is 6.24. The van der Waals surface area contributed by atoms with Gasteiger partial charge >= 0.3 is 0 Å². The minimum Gasteiger partial charge on any atom is -0.365 e. The first-order chi connectivity index (χ1) is 8.72. The van der Waals surface area contributed by atoms with Crippen LogP contribution in [0.5, 0.6) is 0 Å². The Balaban J connectivity index is 2.38. The fourth-order valence-corrected chi connectivity index (χ4v) is 2.90. The highest BCUT2D eigenvalue weighted by atomic mass is 32.2. The van der Waals surface area contributed by atoms with Crippen LogP contribution in [0.4, 0.5) is 0 Å². The second kappa shape index (κ2) is 3.89. The molecule has 1 aromatic carbocycles. The van der Waals surface area contributed by atoms with Gasteiger partial charge in [-0.15, -0.1) is 11.8 Å². The molecule has 1 aromatic heterocycles. The van der Waals surface area contributed by atoms with Crippen molar-refractivity contribution in [2.75, 3.05) is 0 Å². The number of nitriles is 1. The van der Waals surface area contributed by atoms with Crippen LogP contribution in [0.15, 0.2) is 29.2 Å². The van der Waals surface area contributed by atoms with Crippen molar-refractivity contribution in [2.45, 2.75) is 5.75 Å². The van der Waals surface area contributed by atoms with E-state index in [0.717, 1.165) is 16.9 Å². The number of carbonyl (C=O) groups excluding carboxylic acids is 1. The lowest BCUT2D eigenvalue weighted by Crippen LogP contribution is -2.19. The number of para-hydroxylation sites is 2. The van der Waals surface area contributed by atoms with Crippen molar-refractivity contribution < 1.29 is 4.79 Å². The molecule has 1 aliphatic heterocycles. The highest BCUT2D eigenvalue weighted by molar-refractivity contribution is 8.03. The van der Waals surface area contributed by atoms with E-state index in [1.54, 1.807) is 4.57 Å². The number of rotatable bonds is 1. The van der Waals surface area contributed by atoms with Gasteiger partial charge in [0.05, 0.1) is 16.8 Å². The fraction of sp³-hybridized carbons (Fsp3) is 0.0833. The quantitative estimate of drug-likeness (QED) is 0.837. The number of hydrogen-bond acceptors (Lipinski definition) is 4. The molecular weight excluding hydrogens is 248 g/mol. The predicted octanol–water partition coefficient (Wildman–Crippen LogP) is 1.46. The van der Waals surface area contributed by atoms with Gasteiger partial charge in [0.15, 0.2) is 0 Å². The number of nitrogens with two attached hydrogens (primary N) is 1. The monoisotopic (exact) mass is 256 g/mol. The number of primary amides is 1. The van der Waals surface area contributed by atoms with Crippen LogP contribution in [-0.2, 0) is 10.5 Å². The Hall–Kier alpha value is -2.26. The van der Waals surface area contributed by atoms with Crippen LogP contribution in [-0.4, -0.2) is 15.5 Å². The molecular formula is C12H8N4OS. The SMILES string of the molecule is N#CC1=C(C(N)=O)SCc2nc3ccccc3n21. The standard InChI is InChI=1S/C12H8N4OS/c13-5-9-11(12(14)17)18-6-10-15-7-3-1-2-4-8(7)16(9)10/h1-4H,6H2,(H2,14,17). The lowest BCUT2D eigenvalue weighted by atomic mass is 10.3. The smallest absolute Gasteiger partial charge is 0.258 e. The van der Waals surface area contributed by atoms with Gasteiger partial charge in [-0.3, -0.25) is 9.36 Å². The zero-order valence-corrected chi connectivity index (χ0v) is 10.1. The number of benzene rings is 1. The summed E-state index contributed by atoms with van der Waals surface area (Å²) in [7, 11) is 0. The van der Waals surface area contributed by atoms with Crippen molar-refractivity contribution in [3.8, 4) is 6.07 Å². The molecule has 0 saturated carbocycles. The number of hydrogen-bond donors (Lipinski definition) is 1. The third-order valence-electron chi connectivity index (χ3n) is 2.74. The summed E-state index contributed by atoms with van der Waals surface area (Å²) in [6.45, 7) is 0. The van der Waals surface area contributed by atoms with Crippen LogP contribution in [0.2, 0.25) is 0 Å². The summed E-state index contributed by atoms with van der Waals surface area (Å²) < 4.78 is 1.71. The van der Waals surface area contributed by atoms with Gasteiger partial charge in [0, 0.05) is 0 Å². The first-order valence-electron chi connectivity index (χ1n) is 5.26. The minimum absolute atomic E-state index is 0.266. The first kappa shape index (κ1) is 10.9. The Morgan fingerprint density at radius 1 is 1.50 bits per heavy atom. The van der Waals surface area contributed by atoms with Crippen molar-refractivity contribution in [3.63, 3.8) is 0 Å². The second-order valence-electron chi connectivity index (χ2n) is 3.79. The number of carbonyl (C=O) groups is 1.